The summed E-state index contributed by atoms with van der Waals surface area (Å²) >= 11 is 1.64. The molecule has 3 nitrogen and oxygen atoms in total. The van der Waals surface area contributed by atoms with Crippen molar-refractivity contribution in [2.75, 3.05) is 18.6 Å². The zero-order valence-corrected chi connectivity index (χ0v) is 9.26. The van der Waals surface area contributed by atoms with Crippen molar-refractivity contribution in [3.63, 3.8) is 0 Å². The average molecular weight is 206 g/mol. The van der Waals surface area contributed by atoms with Gasteiger partial charge in [-0.3, -0.25) is 0 Å². The van der Waals surface area contributed by atoms with E-state index in [9.17, 15) is 4.79 Å². The lowest BCUT2D eigenvalue weighted by molar-refractivity contribution is -0.151. The third-order valence-corrected chi connectivity index (χ3v) is 2.13. The number of hydrogen-bond donors (Lipinski definition) is 1. The van der Waals surface area contributed by atoms with Crippen LogP contribution in [0.15, 0.2) is 0 Å². The predicted octanol–water partition coefficient (Wildman–Crippen LogP) is 1.87. The van der Waals surface area contributed by atoms with E-state index in [0.29, 0.717) is 18.9 Å². The summed E-state index contributed by atoms with van der Waals surface area (Å²) in [6.45, 7) is 4.53. The van der Waals surface area contributed by atoms with Gasteiger partial charge in [-0.25, -0.2) is 4.79 Å². The van der Waals surface area contributed by atoms with E-state index in [4.69, 9.17) is 9.84 Å². The first-order valence-electron chi connectivity index (χ1n) is 4.41. The first-order valence-corrected chi connectivity index (χ1v) is 5.80. The van der Waals surface area contributed by atoms with E-state index >= 15 is 0 Å². The SMILES string of the molecule is CSCCC(OCC(C)C)C(=O)O. The lowest BCUT2D eigenvalue weighted by atomic mass is 10.2. The third kappa shape index (κ3) is 6.90. The van der Waals surface area contributed by atoms with Crippen molar-refractivity contribution in [2.45, 2.75) is 26.4 Å². The van der Waals surface area contributed by atoms with E-state index in [-0.39, 0.29) is 0 Å². The van der Waals surface area contributed by atoms with Gasteiger partial charge in [0, 0.05) is 0 Å². The quantitative estimate of drug-likeness (QED) is 0.690. The van der Waals surface area contributed by atoms with Crippen molar-refractivity contribution in [1.82, 2.24) is 0 Å². The molecule has 13 heavy (non-hydrogen) atoms. The van der Waals surface area contributed by atoms with Crippen LogP contribution in [-0.2, 0) is 9.53 Å². The molecule has 0 aliphatic rings. The molecule has 0 amide bonds. The van der Waals surface area contributed by atoms with Gasteiger partial charge in [0.15, 0.2) is 6.10 Å². The molecule has 78 valence electrons. The number of aliphatic carboxylic acids is 1. The Balaban J connectivity index is 3.74. The van der Waals surface area contributed by atoms with Crippen LogP contribution in [0.2, 0.25) is 0 Å². The molecule has 0 aromatic heterocycles. The van der Waals surface area contributed by atoms with Gasteiger partial charge in [-0.1, -0.05) is 13.8 Å². The maximum absolute atomic E-state index is 10.7. The number of ether oxygens (including phenoxy) is 1. The number of carbonyl (C=O) groups is 1. The van der Waals surface area contributed by atoms with Crippen molar-refractivity contribution in [1.29, 1.82) is 0 Å². The highest BCUT2D eigenvalue weighted by Crippen LogP contribution is 2.06. The minimum Gasteiger partial charge on any atom is -0.479 e. The molecule has 0 bridgehead atoms. The Kier molecular flexibility index (Phi) is 7.09. The topological polar surface area (TPSA) is 46.5 Å². The molecule has 0 radical (unpaired) electrons. The molecule has 0 fully saturated rings. The van der Waals surface area contributed by atoms with E-state index in [1.165, 1.54) is 0 Å². The Morgan fingerprint density at radius 3 is 2.54 bits per heavy atom. The normalized spacial score (nSPS) is 13.2. The number of rotatable bonds is 7. The van der Waals surface area contributed by atoms with Crippen LogP contribution in [0.4, 0.5) is 0 Å². The number of hydrogen-bond acceptors (Lipinski definition) is 3. The van der Waals surface area contributed by atoms with Crippen LogP contribution in [-0.4, -0.2) is 35.8 Å². The second-order valence-electron chi connectivity index (χ2n) is 3.34. The molecule has 0 aromatic carbocycles. The van der Waals surface area contributed by atoms with Crippen LogP contribution in [0.3, 0.4) is 0 Å². The van der Waals surface area contributed by atoms with E-state index in [1.807, 2.05) is 20.1 Å². The maximum atomic E-state index is 10.7. The second kappa shape index (κ2) is 7.21. The van der Waals surface area contributed by atoms with Crippen LogP contribution in [0.5, 0.6) is 0 Å². The summed E-state index contributed by atoms with van der Waals surface area (Å²) in [5, 5.41) is 8.78. The maximum Gasteiger partial charge on any atom is 0.332 e. The monoisotopic (exact) mass is 206 g/mol. The average Bonchev–Trinajstić information content (AvgIpc) is 2.03. The van der Waals surface area contributed by atoms with Crippen LogP contribution < -0.4 is 0 Å². The fourth-order valence-electron chi connectivity index (χ4n) is 0.812. The zero-order valence-electron chi connectivity index (χ0n) is 8.45. The molecule has 1 unspecified atom stereocenters. The van der Waals surface area contributed by atoms with Gasteiger partial charge in [0.25, 0.3) is 0 Å². The van der Waals surface area contributed by atoms with Gasteiger partial charge in [0.2, 0.25) is 0 Å². The summed E-state index contributed by atoms with van der Waals surface area (Å²) in [6.07, 6.45) is 1.92. The fraction of sp³-hybridized carbons (Fsp3) is 0.889. The summed E-state index contributed by atoms with van der Waals surface area (Å²) in [6, 6.07) is 0. The van der Waals surface area contributed by atoms with Gasteiger partial charge in [-0.2, -0.15) is 11.8 Å². The number of carboxylic acid groups (broad SMARTS) is 1. The third-order valence-electron chi connectivity index (χ3n) is 1.49. The van der Waals surface area contributed by atoms with Crippen molar-refractivity contribution >= 4 is 17.7 Å². The molecule has 0 saturated carbocycles. The van der Waals surface area contributed by atoms with Crippen LogP contribution >= 0.6 is 11.8 Å². The Bertz CT molecular complexity index is 148. The summed E-state index contributed by atoms with van der Waals surface area (Å²) in [5.41, 5.74) is 0. The lowest BCUT2D eigenvalue weighted by Gasteiger charge is -2.14. The molecule has 1 atom stereocenters. The molecule has 0 spiro atoms. The standard InChI is InChI=1S/C9H18O3S/c1-7(2)6-12-8(9(10)11)4-5-13-3/h7-8H,4-6H2,1-3H3,(H,10,11). The minimum atomic E-state index is -0.852. The molecular weight excluding hydrogens is 188 g/mol. The van der Waals surface area contributed by atoms with E-state index in [1.54, 1.807) is 11.8 Å². The number of thioether (sulfide) groups is 1. The summed E-state index contributed by atoms with van der Waals surface area (Å²) in [5.74, 6) is 0.362. The molecule has 0 aliphatic carbocycles. The number of carboxylic acids is 1. The van der Waals surface area contributed by atoms with E-state index in [2.05, 4.69) is 0 Å². The van der Waals surface area contributed by atoms with Crippen molar-refractivity contribution < 1.29 is 14.6 Å². The lowest BCUT2D eigenvalue weighted by Crippen LogP contribution is -2.26. The predicted molar refractivity (Wildman–Crippen MR) is 55.2 cm³/mol. The smallest absolute Gasteiger partial charge is 0.332 e. The highest BCUT2D eigenvalue weighted by molar-refractivity contribution is 7.98. The summed E-state index contributed by atoms with van der Waals surface area (Å²) < 4.78 is 5.25. The molecule has 0 aliphatic heterocycles. The molecule has 0 rings (SSSR count). The van der Waals surface area contributed by atoms with Gasteiger partial charge in [-0.05, 0) is 24.3 Å². The van der Waals surface area contributed by atoms with Crippen LogP contribution in [0.1, 0.15) is 20.3 Å². The Morgan fingerprint density at radius 1 is 1.54 bits per heavy atom. The van der Waals surface area contributed by atoms with E-state index < -0.39 is 12.1 Å². The Morgan fingerprint density at radius 2 is 2.15 bits per heavy atom. The van der Waals surface area contributed by atoms with Crippen molar-refractivity contribution in [3.8, 4) is 0 Å². The molecule has 4 heteroatoms. The van der Waals surface area contributed by atoms with Gasteiger partial charge in [-0.15, -0.1) is 0 Å². The highest BCUT2D eigenvalue weighted by atomic mass is 32.2. The summed E-state index contributed by atoms with van der Waals surface area (Å²) in [4.78, 5) is 10.7. The molecule has 0 heterocycles. The first-order chi connectivity index (χ1) is 6.07. The summed E-state index contributed by atoms with van der Waals surface area (Å²) in [7, 11) is 0. The van der Waals surface area contributed by atoms with Gasteiger partial charge < -0.3 is 9.84 Å². The first kappa shape index (κ1) is 12.8. The Hall–Kier alpha value is -0.220. The molecule has 0 saturated heterocycles. The second-order valence-corrected chi connectivity index (χ2v) is 4.32. The molecule has 0 aromatic rings. The largest absolute Gasteiger partial charge is 0.479 e. The van der Waals surface area contributed by atoms with Gasteiger partial charge in [0.05, 0.1) is 6.61 Å². The Labute approximate surface area is 83.9 Å². The van der Waals surface area contributed by atoms with Gasteiger partial charge in [0.1, 0.15) is 0 Å². The fourth-order valence-corrected chi connectivity index (χ4v) is 1.26. The van der Waals surface area contributed by atoms with Gasteiger partial charge >= 0.3 is 5.97 Å². The van der Waals surface area contributed by atoms with Crippen LogP contribution in [0.25, 0.3) is 0 Å². The highest BCUT2D eigenvalue weighted by Gasteiger charge is 2.17. The van der Waals surface area contributed by atoms with E-state index in [0.717, 1.165) is 5.75 Å². The molecular formula is C9H18O3S. The van der Waals surface area contributed by atoms with Crippen LogP contribution in [0, 0.1) is 5.92 Å². The zero-order chi connectivity index (χ0) is 10.3. The molecule has 1 N–H and O–H groups in total. The van der Waals surface area contributed by atoms with Crippen molar-refractivity contribution in [2.24, 2.45) is 5.92 Å². The van der Waals surface area contributed by atoms with Crippen molar-refractivity contribution in [3.05, 3.63) is 0 Å². The minimum absolute atomic E-state index is 0.385.